The molecular weight excluding hydrogens is 321 g/mol. The van der Waals surface area contributed by atoms with Gasteiger partial charge in [0.05, 0.1) is 17.8 Å². The highest BCUT2D eigenvalue weighted by atomic mass is 19.1. The van der Waals surface area contributed by atoms with Crippen LogP contribution in [0.15, 0.2) is 48.7 Å². The molecule has 6 heteroatoms. The standard InChI is InChI=1S/C19H22FN3O2/c1-23(12-17(24)13-8-9-13)19(25)22-18(16-7-2-3-10-21-16)14-5-4-6-15(20)11-14/h2-7,10-11,13,17-18,24H,8-9,12H2,1H3,(H,22,25). The van der Waals surface area contributed by atoms with Gasteiger partial charge < -0.3 is 15.3 Å². The number of aromatic nitrogens is 1. The highest BCUT2D eigenvalue weighted by Crippen LogP contribution is 2.32. The average molecular weight is 343 g/mol. The predicted octanol–water partition coefficient (Wildman–Crippen LogP) is 2.72. The summed E-state index contributed by atoms with van der Waals surface area (Å²) in [5.74, 6) is -0.0738. The molecule has 0 bridgehead atoms. The van der Waals surface area contributed by atoms with Crippen LogP contribution in [0.5, 0.6) is 0 Å². The molecule has 2 N–H and O–H groups in total. The van der Waals surface area contributed by atoms with Gasteiger partial charge in [0.15, 0.2) is 0 Å². The van der Waals surface area contributed by atoms with Crippen molar-refractivity contribution < 1.29 is 14.3 Å². The molecule has 0 radical (unpaired) electrons. The monoisotopic (exact) mass is 343 g/mol. The summed E-state index contributed by atoms with van der Waals surface area (Å²) in [5, 5.41) is 12.9. The Hall–Kier alpha value is -2.47. The fourth-order valence-electron chi connectivity index (χ4n) is 2.79. The van der Waals surface area contributed by atoms with Crippen molar-refractivity contribution in [3.63, 3.8) is 0 Å². The number of carbonyl (C=O) groups excluding carboxylic acids is 1. The van der Waals surface area contributed by atoms with Crippen LogP contribution in [0.2, 0.25) is 0 Å². The zero-order valence-corrected chi connectivity index (χ0v) is 14.1. The molecule has 5 nitrogen and oxygen atoms in total. The van der Waals surface area contributed by atoms with Crippen molar-refractivity contribution in [1.82, 2.24) is 15.2 Å². The van der Waals surface area contributed by atoms with Crippen LogP contribution in [0.3, 0.4) is 0 Å². The highest BCUT2D eigenvalue weighted by molar-refractivity contribution is 5.75. The van der Waals surface area contributed by atoms with Gasteiger partial charge in [-0.1, -0.05) is 18.2 Å². The van der Waals surface area contributed by atoms with Gasteiger partial charge >= 0.3 is 6.03 Å². The number of nitrogens with one attached hydrogen (secondary N) is 1. The first-order chi connectivity index (χ1) is 12.0. The lowest BCUT2D eigenvalue weighted by atomic mass is 10.0. The fourth-order valence-corrected chi connectivity index (χ4v) is 2.79. The lowest BCUT2D eigenvalue weighted by Gasteiger charge is -2.25. The number of nitrogens with zero attached hydrogens (tertiary/aromatic N) is 2. The van der Waals surface area contributed by atoms with Gasteiger partial charge in [0.1, 0.15) is 5.82 Å². The maximum Gasteiger partial charge on any atom is 0.318 e. The largest absolute Gasteiger partial charge is 0.391 e. The van der Waals surface area contributed by atoms with E-state index in [2.05, 4.69) is 10.3 Å². The molecule has 1 heterocycles. The molecule has 25 heavy (non-hydrogen) atoms. The van der Waals surface area contributed by atoms with Crippen LogP contribution in [-0.4, -0.2) is 40.7 Å². The molecule has 1 fully saturated rings. The molecule has 1 aliphatic carbocycles. The van der Waals surface area contributed by atoms with E-state index in [4.69, 9.17) is 0 Å². The smallest absolute Gasteiger partial charge is 0.318 e. The number of carbonyl (C=O) groups is 1. The van der Waals surface area contributed by atoms with E-state index in [0.29, 0.717) is 17.2 Å². The Bertz CT molecular complexity index is 722. The summed E-state index contributed by atoms with van der Waals surface area (Å²) in [5.41, 5.74) is 1.24. The molecule has 2 amide bonds. The van der Waals surface area contributed by atoms with E-state index in [-0.39, 0.29) is 18.4 Å². The zero-order chi connectivity index (χ0) is 17.8. The zero-order valence-electron chi connectivity index (χ0n) is 14.1. The molecule has 132 valence electrons. The van der Waals surface area contributed by atoms with E-state index in [1.807, 2.05) is 6.07 Å². The van der Waals surface area contributed by atoms with Crippen LogP contribution in [-0.2, 0) is 0 Å². The summed E-state index contributed by atoms with van der Waals surface area (Å²) in [4.78, 5) is 18.3. The summed E-state index contributed by atoms with van der Waals surface area (Å²) in [6.45, 7) is 0.272. The molecule has 1 aromatic heterocycles. The summed E-state index contributed by atoms with van der Waals surface area (Å²) >= 11 is 0. The Balaban J connectivity index is 1.76. The number of urea groups is 1. The van der Waals surface area contributed by atoms with Crippen LogP contribution >= 0.6 is 0 Å². The molecule has 2 atom stereocenters. The van der Waals surface area contributed by atoms with Gasteiger partial charge in [-0.3, -0.25) is 4.98 Å². The number of aliphatic hydroxyl groups is 1. The number of rotatable bonds is 6. The van der Waals surface area contributed by atoms with Gasteiger partial charge in [-0.05, 0) is 48.6 Å². The number of aliphatic hydroxyl groups excluding tert-OH is 1. The summed E-state index contributed by atoms with van der Waals surface area (Å²) in [6.07, 6.45) is 3.15. The van der Waals surface area contributed by atoms with Crippen LogP contribution in [0.25, 0.3) is 0 Å². The number of amides is 2. The Morgan fingerprint density at radius 3 is 2.80 bits per heavy atom. The molecule has 3 rings (SSSR count). The van der Waals surface area contributed by atoms with Gasteiger partial charge in [-0.15, -0.1) is 0 Å². The quantitative estimate of drug-likeness (QED) is 0.848. The van der Waals surface area contributed by atoms with Crippen LogP contribution in [0.1, 0.15) is 30.1 Å². The Morgan fingerprint density at radius 2 is 2.16 bits per heavy atom. The maximum atomic E-state index is 13.6. The van der Waals surface area contributed by atoms with Crippen LogP contribution in [0, 0.1) is 11.7 Å². The SMILES string of the molecule is CN(CC(O)C1CC1)C(=O)NC(c1cccc(F)c1)c1ccccn1. The number of hydrogen-bond donors (Lipinski definition) is 2. The van der Waals surface area contributed by atoms with Crippen molar-refractivity contribution in [3.8, 4) is 0 Å². The maximum absolute atomic E-state index is 13.6. The number of benzene rings is 1. The Labute approximate surface area is 146 Å². The average Bonchev–Trinajstić information content (AvgIpc) is 3.45. The van der Waals surface area contributed by atoms with E-state index >= 15 is 0 Å². The fraction of sp³-hybridized carbons (Fsp3) is 0.368. The van der Waals surface area contributed by atoms with Crippen molar-refractivity contribution >= 4 is 6.03 Å². The van der Waals surface area contributed by atoms with E-state index < -0.39 is 12.1 Å². The highest BCUT2D eigenvalue weighted by Gasteiger charge is 2.31. The second-order valence-corrected chi connectivity index (χ2v) is 6.48. The van der Waals surface area contributed by atoms with Crippen LogP contribution in [0.4, 0.5) is 9.18 Å². The first-order valence-corrected chi connectivity index (χ1v) is 8.40. The number of halogens is 1. The molecule has 0 spiro atoms. The molecule has 1 saturated carbocycles. The topological polar surface area (TPSA) is 65.5 Å². The molecule has 2 unspecified atom stereocenters. The van der Waals surface area contributed by atoms with Crippen molar-refractivity contribution in [2.24, 2.45) is 5.92 Å². The second-order valence-electron chi connectivity index (χ2n) is 6.48. The Morgan fingerprint density at radius 1 is 1.36 bits per heavy atom. The van der Waals surface area contributed by atoms with E-state index in [9.17, 15) is 14.3 Å². The van der Waals surface area contributed by atoms with Crippen molar-refractivity contribution in [2.75, 3.05) is 13.6 Å². The third-order valence-electron chi connectivity index (χ3n) is 4.41. The summed E-state index contributed by atoms with van der Waals surface area (Å²) in [6, 6.07) is 10.6. The molecule has 0 saturated heterocycles. The third kappa shape index (κ3) is 4.54. The van der Waals surface area contributed by atoms with Gasteiger partial charge in [0, 0.05) is 19.8 Å². The Kier molecular flexibility index (Phi) is 5.28. The molecule has 2 aromatic rings. The lowest BCUT2D eigenvalue weighted by molar-refractivity contribution is 0.113. The first-order valence-electron chi connectivity index (χ1n) is 8.40. The van der Waals surface area contributed by atoms with Crippen molar-refractivity contribution in [3.05, 3.63) is 65.7 Å². The van der Waals surface area contributed by atoms with E-state index in [0.717, 1.165) is 12.8 Å². The van der Waals surface area contributed by atoms with Gasteiger partial charge in [0.25, 0.3) is 0 Å². The molecular formula is C19H22FN3O2. The minimum absolute atomic E-state index is 0.272. The molecule has 0 aliphatic heterocycles. The summed E-state index contributed by atoms with van der Waals surface area (Å²) in [7, 11) is 1.64. The predicted molar refractivity (Wildman–Crippen MR) is 92.4 cm³/mol. The van der Waals surface area contributed by atoms with E-state index in [1.54, 1.807) is 37.5 Å². The number of likely N-dealkylation sites (N-methyl/N-ethyl adjacent to an activating group) is 1. The number of pyridine rings is 1. The molecule has 1 aliphatic rings. The lowest BCUT2D eigenvalue weighted by Crippen LogP contribution is -2.43. The van der Waals surface area contributed by atoms with Crippen molar-refractivity contribution in [1.29, 1.82) is 0 Å². The van der Waals surface area contributed by atoms with Crippen molar-refractivity contribution in [2.45, 2.75) is 25.0 Å². The minimum Gasteiger partial charge on any atom is -0.391 e. The minimum atomic E-state index is -0.565. The van der Waals surface area contributed by atoms with Gasteiger partial charge in [-0.25, -0.2) is 9.18 Å². The second kappa shape index (κ2) is 7.61. The number of hydrogen-bond acceptors (Lipinski definition) is 3. The van der Waals surface area contributed by atoms with E-state index in [1.165, 1.54) is 17.0 Å². The first kappa shape index (κ1) is 17.4. The molecule has 1 aromatic carbocycles. The summed E-state index contributed by atoms with van der Waals surface area (Å²) < 4.78 is 13.6. The normalized spacial score (nSPS) is 16.1. The van der Waals surface area contributed by atoms with Gasteiger partial charge in [0.2, 0.25) is 0 Å². The third-order valence-corrected chi connectivity index (χ3v) is 4.41. The van der Waals surface area contributed by atoms with Crippen LogP contribution < -0.4 is 5.32 Å². The van der Waals surface area contributed by atoms with Gasteiger partial charge in [-0.2, -0.15) is 0 Å².